The monoisotopic (exact) mass is 282 g/mol. The van der Waals surface area contributed by atoms with Crippen LogP contribution >= 0.6 is 12.4 Å². The number of nitrogens with two attached hydrogens (primary N) is 1. The minimum absolute atomic E-state index is 0. The molecule has 1 amide bonds. The van der Waals surface area contributed by atoms with Crippen LogP contribution in [0.2, 0.25) is 0 Å². The Morgan fingerprint density at radius 3 is 2.84 bits per heavy atom. The SMILES string of the molecule is CCCC(C)(N)C(=O)NC1CCc2ccccc21.Cl. The second-order valence-corrected chi connectivity index (χ2v) is 5.43. The largest absolute Gasteiger partial charge is 0.348 e. The summed E-state index contributed by atoms with van der Waals surface area (Å²) in [6, 6.07) is 8.44. The Bertz CT molecular complexity index is 446. The number of halogens is 1. The van der Waals surface area contributed by atoms with Crippen molar-refractivity contribution in [1.82, 2.24) is 5.32 Å². The van der Waals surface area contributed by atoms with E-state index in [1.165, 1.54) is 11.1 Å². The molecule has 0 aromatic heterocycles. The number of aryl methyl sites for hydroxylation is 1. The van der Waals surface area contributed by atoms with Gasteiger partial charge in [-0.15, -0.1) is 12.4 Å². The van der Waals surface area contributed by atoms with Crippen molar-refractivity contribution in [2.24, 2.45) is 5.73 Å². The molecule has 0 fully saturated rings. The topological polar surface area (TPSA) is 55.1 Å². The molecule has 0 heterocycles. The van der Waals surface area contributed by atoms with E-state index >= 15 is 0 Å². The Hall–Kier alpha value is -1.06. The van der Waals surface area contributed by atoms with E-state index in [1.807, 2.05) is 26.0 Å². The van der Waals surface area contributed by atoms with Gasteiger partial charge in [-0.1, -0.05) is 37.6 Å². The lowest BCUT2D eigenvalue weighted by Gasteiger charge is -2.25. The number of hydrogen-bond donors (Lipinski definition) is 2. The molecule has 106 valence electrons. The van der Waals surface area contributed by atoms with E-state index in [0.717, 1.165) is 19.3 Å². The summed E-state index contributed by atoms with van der Waals surface area (Å²) >= 11 is 0. The van der Waals surface area contributed by atoms with Gasteiger partial charge in [0.2, 0.25) is 5.91 Å². The number of hydrogen-bond acceptors (Lipinski definition) is 2. The molecule has 1 aliphatic carbocycles. The van der Waals surface area contributed by atoms with Gasteiger partial charge in [0.1, 0.15) is 0 Å². The normalized spacial score (nSPS) is 20.1. The minimum Gasteiger partial charge on any atom is -0.348 e. The Morgan fingerprint density at radius 1 is 1.47 bits per heavy atom. The van der Waals surface area contributed by atoms with Crippen molar-refractivity contribution in [3.63, 3.8) is 0 Å². The van der Waals surface area contributed by atoms with Crippen molar-refractivity contribution in [2.75, 3.05) is 0 Å². The maximum atomic E-state index is 12.2. The molecule has 0 aliphatic heterocycles. The number of carbonyl (C=O) groups excluding carboxylic acids is 1. The fourth-order valence-electron chi connectivity index (χ4n) is 2.66. The summed E-state index contributed by atoms with van der Waals surface area (Å²) in [6.45, 7) is 3.86. The molecular formula is C15H23ClN2O. The molecule has 0 saturated heterocycles. The van der Waals surface area contributed by atoms with Gasteiger partial charge in [0, 0.05) is 0 Å². The number of amides is 1. The van der Waals surface area contributed by atoms with Gasteiger partial charge in [-0.3, -0.25) is 4.79 Å². The molecule has 0 spiro atoms. The Morgan fingerprint density at radius 2 is 2.16 bits per heavy atom. The molecule has 19 heavy (non-hydrogen) atoms. The first-order valence-electron chi connectivity index (χ1n) is 6.72. The average molecular weight is 283 g/mol. The third-order valence-electron chi connectivity index (χ3n) is 3.73. The number of nitrogens with one attached hydrogen (secondary N) is 1. The maximum Gasteiger partial charge on any atom is 0.240 e. The van der Waals surface area contributed by atoms with Crippen molar-refractivity contribution >= 4 is 18.3 Å². The summed E-state index contributed by atoms with van der Waals surface area (Å²) in [5.41, 5.74) is 7.89. The van der Waals surface area contributed by atoms with E-state index in [4.69, 9.17) is 5.73 Å². The highest BCUT2D eigenvalue weighted by atomic mass is 35.5. The van der Waals surface area contributed by atoms with E-state index in [1.54, 1.807) is 0 Å². The Balaban J connectivity index is 0.00000180. The van der Waals surface area contributed by atoms with Crippen LogP contribution in [0.4, 0.5) is 0 Å². The van der Waals surface area contributed by atoms with Gasteiger partial charge in [-0.25, -0.2) is 0 Å². The first-order valence-corrected chi connectivity index (χ1v) is 6.72. The minimum atomic E-state index is -0.758. The highest BCUT2D eigenvalue weighted by Crippen LogP contribution is 2.31. The molecule has 3 N–H and O–H groups in total. The van der Waals surface area contributed by atoms with Crippen molar-refractivity contribution < 1.29 is 4.79 Å². The molecule has 1 aromatic rings. The van der Waals surface area contributed by atoms with Crippen molar-refractivity contribution in [3.8, 4) is 0 Å². The molecule has 3 nitrogen and oxygen atoms in total. The quantitative estimate of drug-likeness (QED) is 0.892. The molecule has 2 unspecified atom stereocenters. The second-order valence-electron chi connectivity index (χ2n) is 5.43. The van der Waals surface area contributed by atoms with Crippen LogP contribution in [0.5, 0.6) is 0 Å². The first-order chi connectivity index (χ1) is 8.54. The van der Waals surface area contributed by atoms with Crippen LogP contribution in [-0.4, -0.2) is 11.4 Å². The average Bonchev–Trinajstić information content (AvgIpc) is 2.73. The van der Waals surface area contributed by atoms with E-state index in [0.29, 0.717) is 6.42 Å². The molecule has 2 atom stereocenters. The molecule has 2 rings (SSSR count). The van der Waals surface area contributed by atoms with Gasteiger partial charge in [0.25, 0.3) is 0 Å². The standard InChI is InChI=1S/C15H22N2O.ClH/c1-3-10-15(2,16)14(18)17-13-9-8-11-6-4-5-7-12(11)13;/h4-7,13H,3,8-10,16H2,1-2H3,(H,17,18);1H. The number of carbonyl (C=O) groups is 1. The first kappa shape index (κ1) is 16.0. The predicted octanol–water partition coefficient (Wildman–Crippen LogP) is 2.73. The molecule has 1 aliphatic rings. The van der Waals surface area contributed by atoms with Crippen LogP contribution in [0.15, 0.2) is 24.3 Å². The smallest absolute Gasteiger partial charge is 0.240 e. The molecular weight excluding hydrogens is 260 g/mol. The van der Waals surface area contributed by atoms with Gasteiger partial charge >= 0.3 is 0 Å². The molecule has 0 saturated carbocycles. The number of rotatable bonds is 4. The molecule has 0 radical (unpaired) electrons. The van der Waals surface area contributed by atoms with E-state index in [2.05, 4.69) is 17.4 Å². The van der Waals surface area contributed by atoms with E-state index < -0.39 is 5.54 Å². The lowest BCUT2D eigenvalue weighted by molar-refractivity contribution is -0.126. The fourth-order valence-corrected chi connectivity index (χ4v) is 2.66. The molecule has 4 heteroatoms. The van der Waals surface area contributed by atoms with Gasteiger partial charge < -0.3 is 11.1 Å². The zero-order valence-corrected chi connectivity index (χ0v) is 12.4. The van der Waals surface area contributed by atoms with Gasteiger partial charge in [0.05, 0.1) is 11.6 Å². The third-order valence-corrected chi connectivity index (χ3v) is 3.73. The van der Waals surface area contributed by atoms with Crippen LogP contribution in [0, 0.1) is 0 Å². The van der Waals surface area contributed by atoms with E-state index in [9.17, 15) is 4.79 Å². The summed E-state index contributed by atoms with van der Waals surface area (Å²) in [4.78, 5) is 12.2. The second kappa shape index (κ2) is 6.40. The lowest BCUT2D eigenvalue weighted by Crippen LogP contribution is -2.52. The van der Waals surface area contributed by atoms with Gasteiger partial charge in [-0.2, -0.15) is 0 Å². The molecule has 1 aromatic carbocycles. The zero-order valence-electron chi connectivity index (χ0n) is 11.6. The van der Waals surface area contributed by atoms with Crippen LogP contribution in [0.1, 0.15) is 50.3 Å². The van der Waals surface area contributed by atoms with Gasteiger partial charge in [-0.05, 0) is 37.3 Å². The summed E-state index contributed by atoms with van der Waals surface area (Å²) < 4.78 is 0. The molecule has 0 bridgehead atoms. The summed E-state index contributed by atoms with van der Waals surface area (Å²) in [5, 5.41) is 3.10. The third kappa shape index (κ3) is 3.48. The van der Waals surface area contributed by atoms with Crippen LogP contribution in [0.25, 0.3) is 0 Å². The summed E-state index contributed by atoms with van der Waals surface area (Å²) in [6.07, 6.45) is 3.65. The van der Waals surface area contributed by atoms with Crippen molar-refractivity contribution in [2.45, 2.75) is 51.1 Å². The van der Waals surface area contributed by atoms with E-state index in [-0.39, 0.29) is 24.4 Å². The van der Waals surface area contributed by atoms with Gasteiger partial charge in [0.15, 0.2) is 0 Å². The summed E-state index contributed by atoms with van der Waals surface area (Å²) in [7, 11) is 0. The zero-order chi connectivity index (χ0) is 13.2. The predicted molar refractivity (Wildman–Crippen MR) is 80.4 cm³/mol. The maximum absolute atomic E-state index is 12.2. The summed E-state index contributed by atoms with van der Waals surface area (Å²) in [5.74, 6) is -0.0361. The highest BCUT2D eigenvalue weighted by Gasteiger charge is 2.31. The van der Waals surface area contributed by atoms with Crippen molar-refractivity contribution in [3.05, 3.63) is 35.4 Å². The fraction of sp³-hybridized carbons (Fsp3) is 0.533. The lowest BCUT2D eigenvalue weighted by atomic mass is 9.95. The van der Waals surface area contributed by atoms with Crippen LogP contribution < -0.4 is 11.1 Å². The Kier molecular flexibility index (Phi) is 5.39. The Labute approximate surface area is 121 Å². The number of fused-ring (bicyclic) bond motifs is 1. The van der Waals surface area contributed by atoms with Crippen LogP contribution in [-0.2, 0) is 11.2 Å². The van der Waals surface area contributed by atoms with Crippen molar-refractivity contribution in [1.29, 1.82) is 0 Å². The van der Waals surface area contributed by atoms with Crippen LogP contribution in [0.3, 0.4) is 0 Å². The number of benzene rings is 1. The highest BCUT2D eigenvalue weighted by molar-refractivity contribution is 5.86.